The van der Waals surface area contributed by atoms with Crippen molar-refractivity contribution in [3.05, 3.63) is 83.7 Å². The average Bonchev–Trinajstić information content (AvgIpc) is 3.50. The highest BCUT2D eigenvalue weighted by atomic mass is 19.1. The SMILES string of the molecule is O=C(O)c1ccc(-c2cnc3nnc(C4(c5ccc6ncccc6c5)CC4)n3n2)cc1F. The number of hydrogen-bond acceptors (Lipinski definition) is 6. The van der Waals surface area contributed by atoms with E-state index >= 15 is 0 Å². The minimum absolute atomic E-state index is 0.324. The quantitative estimate of drug-likeness (QED) is 0.467. The molecule has 1 aliphatic carbocycles. The van der Waals surface area contributed by atoms with Crippen LogP contribution in [-0.4, -0.2) is 40.9 Å². The molecule has 0 aliphatic heterocycles. The van der Waals surface area contributed by atoms with Crippen LogP contribution in [0.25, 0.3) is 27.9 Å². The molecule has 1 fully saturated rings. The Labute approximate surface area is 180 Å². The van der Waals surface area contributed by atoms with E-state index < -0.39 is 17.3 Å². The summed E-state index contributed by atoms with van der Waals surface area (Å²) < 4.78 is 15.8. The highest BCUT2D eigenvalue weighted by Crippen LogP contribution is 2.53. The predicted octanol–water partition coefficient (Wildman–Crippen LogP) is 3.65. The Kier molecular flexibility index (Phi) is 3.82. The number of pyridine rings is 1. The number of aromatic nitrogens is 6. The van der Waals surface area contributed by atoms with Gasteiger partial charge in [0.25, 0.3) is 5.78 Å². The predicted molar refractivity (Wildman–Crippen MR) is 113 cm³/mol. The van der Waals surface area contributed by atoms with E-state index in [1.165, 1.54) is 18.3 Å². The van der Waals surface area contributed by atoms with Gasteiger partial charge in [0.1, 0.15) is 11.5 Å². The van der Waals surface area contributed by atoms with Gasteiger partial charge in [0.15, 0.2) is 5.82 Å². The molecule has 32 heavy (non-hydrogen) atoms. The second-order valence-corrected chi connectivity index (χ2v) is 7.87. The second-order valence-electron chi connectivity index (χ2n) is 7.87. The third kappa shape index (κ3) is 2.74. The largest absolute Gasteiger partial charge is 0.478 e. The van der Waals surface area contributed by atoms with Crippen LogP contribution in [0.2, 0.25) is 0 Å². The number of benzene rings is 2. The van der Waals surface area contributed by atoms with Crippen LogP contribution >= 0.6 is 0 Å². The van der Waals surface area contributed by atoms with Gasteiger partial charge >= 0.3 is 5.97 Å². The first kappa shape index (κ1) is 18.5. The lowest BCUT2D eigenvalue weighted by Gasteiger charge is -2.14. The standard InChI is InChI=1S/C23H15FN6O2/c24-17-11-14(3-5-16(17)20(31)32)19-12-26-22-28-27-21(30(22)29-19)23(7-8-23)15-4-6-18-13(10-15)2-1-9-25-18/h1-6,9-12H,7-8H2,(H,31,32). The Bertz CT molecular complexity index is 1540. The summed E-state index contributed by atoms with van der Waals surface area (Å²) in [6.45, 7) is 0. The molecule has 1 aliphatic rings. The molecule has 9 heteroatoms. The van der Waals surface area contributed by atoms with Crippen LogP contribution in [0.1, 0.15) is 34.6 Å². The van der Waals surface area contributed by atoms with Crippen molar-refractivity contribution < 1.29 is 14.3 Å². The summed E-state index contributed by atoms with van der Waals surface area (Å²) >= 11 is 0. The van der Waals surface area contributed by atoms with Gasteiger partial charge in [0.05, 0.1) is 22.7 Å². The van der Waals surface area contributed by atoms with Crippen molar-refractivity contribution in [1.82, 2.24) is 29.8 Å². The fraction of sp³-hybridized carbons (Fsp3) is 0.130. The molecule has 5 aromatic rings. The van der Waals surface area contributed by atoms with Crippen LogP contribution in [-0.2, 0) is 5.41 Å². The maximum atomic E-state index is 14.2. The van der Waals surface area contributed by atoms with E-state index in [9.17, 15) is 9.18 Å². The lowest BCUT2D eigenvalue weighted by Crippen LogP contribution is -2.15. The Hall–Kier alpha value is -4.27. The highest BCUT2D eigenvalue weighted by Gasteiger charge is 2.50. The Balaban J connectivity index is 1.46. The summed E-state index contributed by atoms with van der Waals surface area (Å²) in [5.41, 5.74) is 2.13. The molecule has 156 valence electrons. The zero-order valence-corrected chi connectivity index (χ0v) is 16.6. The number of aromatic carboxylic acids is 1. The van der Waals surface area contributed by atoms with E-state index in [1.54, 1.807) is 10.7 Å². The average molecular weight is 426 g/mol. The molecule has 0 saturated heterocycles. The lowest BCUT2D eigenvalue weighted by molar-refractivity contribution is 0.0692. The van der Waals surface area contributed by atoms with Crippen molar-refractivity contribution in [2.24, 2.45) is 0 Å². The molecule has 0 amide bonds. The molecule has 1 saturated carbocycles. The number of carboxylic acid groups (broad SMARTS) is 1. The molecule has 2 aromatic carbocycles. The highest BCUT2D eigenvalue weighted by molar-refractivity contribution is 5.88. The monoisotopic (exact) mass is 426 g/mol. The van der Waals surface area contributed by atoms with Crippen LogP contribution < -0.4 is 0 Å². The van der Waals surface area contributed by atoms with Crippen molar-refractivity contribution >= 4 is 22.6 Å². The van der Waals surface area contributed by atoms with E-state index in [-0.39, 0.29) is 5.41 Å². The first-order valence-electron chi connectivity index (χ1n) is 10.0. The Morgan fingerprint density at radius 1 is 1.06 bits per heavy atom. The van der Waals surface area contributed by atoms with Gasteiger partial charge in [0.2, 0.25) is 0 Å². The third-order valence-corrected chi connectivity index (χ3v) is 5.96. The number of rotatable bonds is 4. The van der Waals surface area contributed by atoms with Gasteiger partial charge in [-0.25, -0.2) is 14.2 Å². The van der Waals surface area contributed by atoms with Gasteiger partial charge in [-0.15, -0.1) is 10.2 Å². The van der Waals surface area contributed by atoms with Crippen LogP contribution in [0.3, 0.4) is 0 Å². The molecule has 0 unspecified atom stereocenters. The summed E-state index contributed by atoms with van der Waals surface area (Å²) in [6.07, 6.45) is 5.04. The number of nitrogens with zero attached hydrogens (tertiary/aromatic N) is 6. The van der Waals surface area contributed by atoms with Gasteiger partial charge in [-0.1, -0.05) is 18.2 Å². The van der Waals surface area contributed by atoms with Crippen LogP contribution in [0.5, 0.6) is 0 Å². The molecule has 3 heterocycles. The zero-order valence-electron chi connectivity index (χ0n) is 16.6. The van der Waals surface area contributed by atoms with Crippen molar-refractivity contribution in [3.63, 3.8) is 0 Å². The number of carbonyl (C=O) groups is 1. The van der Waals surface area contributed by atoms with Gasteiger partial charge < -0.3 is 5.11 Å². The normalized spacial score (nSPS) is 14.7. The number of halogens is 1. The molecule has 3 aromatic heterocycles. The first-order valence-corrected chi connectivity index (χ1v) is 10.0. The molecule has 0 bridgehead atoms. The van der Waals surface area contributed by atoms with E-state index in [2.05, 4.69) is 37.4 Å². The van der Waals surface area contributed by atoms with Crippen LogP contribution in [0.4, 0.5) is 4.39 Å². The third-order valence-electron chi connectivity index (χ3n) is 5.96. The zero-order chi connectivity index (χ0) is 21.9. The first-order chi connectivity index (χ1) is 15.5. The molecule has 6 rings (SSSR count). The van der Waals surface area contributed by atoms with Gasteiger partial charge in [0, 0.05) is 17.1 Å². The van der Waals surface area contributed by atoms with Crippen molar-refractivity contribution in [3.8, 4) is 11.3 Å². The number of hydrogen-bond donors (Lipinski definition) is 1. The molecule has 0 radical (unpaired) electrons. The lowest BCUT2D eigenvalue weighted by atomic mass is 9.94. The van der Waals surface area contributed by atoms with Gasteiger partial charge in [-0.05, 0) is 48.7 Å². The maximum Gasteiger partial charge on any atom is 0.338 e. The van der Waals surface area contributed by atoms with E-state index in [1.807, 2.05) is 18.2 Å². The summed E-state index contributed by atoms with van der Waals surface area (Å²) in [7, 11) is 0. The molecule has 0 spiro atoms. The summed E-state index contributed by atoms with van der Waals surface area (Å²) in [6, 6.07) is 14.0. The number of fused-ring (bicyclic) bond motifs is 2. The van der Waals surface area contributed by atoms with Crippen molar-refractivity contribution in [2.45, 2.75) is 18.3 Å². The van der Waals surface area contributed by atoms with Gasteiger partial charge in [-0.3, -0.25) is 4.98 Å². The minimum Gasteiger partial charge on any atom is -0.478 e. The topological polar surface area (TPSA) is 106 Å². The van der Waals surface area contributed by atoms with Crippen molar-refractivity contribution in [1.29, 1.82) is 0 Å². The molecular formula is C23H15FN6O2. The van der Waals surface area contributed by atoms with Crippen molar-refractivity contribution in [2.75, 3.05) is 0 Å². The van der Waals surface area contributed by atoms with E-state index in [0.717, 1.165) is 35.4 Å². The molecular weight excluding hydrogens is 411 g/mol. The fourth-order valence-electron chi connectivity index (χ4n) is 4.11. The second kappa shape index (κ2) is 6.61. The minimum atomic E-state index is -1.32. The Morgan fingerprint density at radius 2 is 1.94 bits per heavy atom. The molecule has 1 N–H and O–H groups in total. The maximum absolute atomic E-state index is 14.2. The van der Waals surface area contributed by atoms with E-state index in [0.29, 0.717) is 22.9 Å². The summed E-state index contributed by atoms with van der Waals surface area (Å²) in [5, 5.41) is 23.3. The van der Waals surface area contributed by atoms with Crippen LogP contribution in [0.15, 0.2) is 60.9 Å². The summed E-state index contributed by atoms with van der Waals surface area (Å²) in [5.74, 6) is -1.13. The number of carboxylic acids is 1. The summed E-state index contributed by atoms with van der Waals surface area (Å²) in [4.78, 5) is 19.8. The smallest absolute Gasteiger partial charge is 0.338 e. The molecule has 8 nitrogen and oxygen atoms in total. The van der Waals surface area contributed by atoms with E-state index in [4.69, 9.17) is 5.11 Å². The Morgan fingerprint density at radius 3 is 2.72 bits per heavy atom. The molecule has 0 atom stereocenters. The van der Waals surface area contributed by atoms with Crippen LogP contribution in [0, 0.1) is 5.82 Å². The van der Waals surface area contributed by atoms with Gasteiger partial charge in [-0.2, -0.15) is 9.61 Å². The fourth-order valence-corrected chi connectivity index (χ4v) is 4.11.